The van der Waals surface area contributed by atoms with Crippen molar-refractivity contribution in [3.63, 3.8) is 0 Å². The maximum absolute atomic E-state index is 12.3. The lowest BCUT2D eigenvalue weighted by atomic mass is 9.85. The number of benzene rings is 1. The lowest BCUT2D eigenvalue weighted by molar-refractivity contribution is -0.134. The van der Waals surface area contributed by atoms with Gasteiger partial charge in [-0.15, -0.1) is 0 Å². The minimum atomic E-state index is -0.804. The van der Waals surface area contributed by atoms with E-state index in [1.165, 1.54) is 10.5 Å². The largest absolute Gasteiger partial charge is 0.490 e. The summed E-state index contributed by atoms with van der Waals surface area (Å²) in [5.41, 5.74) is 0.376. The van der Waals surface area contributed by atoms with Crippen molar-refractivity contribution in [1.82, 2.24) is 10.2 Å². The van der Waals surface area contributed by atoms with E-state index >= 15 is 0 Å². The molecule has 1 aliphatic heterocycles. The lowest BCUT2D eigenvalue weighted by Gasteiger charge is -2.40. The Balaban J connectivity index is 1.65. The Hall–Kier alpha value is -2.04. The number of nitrogens with one attached hydrogen (secondary N) is 1. The van der Waals surface area contributed by atoms with Crippen molar-refractivity contribution in [2.75, 3.05) is 0 Å². The predicted molar refractivity (Wildman–Crippen MR) is 92.0 cm³/mol. The van der Waals surface area contributed by atoms with E-state index in [2.05, 4.69) is 32.2 Å². The number of imide groups is 1. The first kappa shape index (κ1) is 16.8. The van der Waals surface area contributed by atoms with Crippen LogP contribution in [0.15, 0.2) is 24.3 Å². The second-order valence-electron chi connectivity index (χ2n) is 8.34. The minimum absolute atomic E-state index is 0.00850. The minimum Gasteiger partial charge on any atom is -0.490 e. The van der Waals surface area contributed by atoms with Crippen LogP contribution >= 0.6 is 0 Å². The molecule has 3 rings (SSSR count). The smallest absolute Gasteiger partial charge is 0.325 e. The molecule has 1 aliphatic carbocycles. The van der Waals surface area contributed by atoms with E-state index in [0.717, 1.165) is 5.75 Å². The number of ether oxygens (including phenoxy) is 1. The fraction of sp³-hybridized carbons (Fsp3) is 0.579. The van der Waals surface area contributed by atoms with Crippen LogP contribution in [0.3, 0.4) is 0 Å². The van der Waals surface area contributed by atoms with E-state index in [1.807, 2.05) is 18.2 Å². The van der Waals surface area contributed by atoms with Crippen LogP contribution in [0.4, 0.5) is 4.79 Å². The van der Waals surface area contributed by atoms with Crippen molar-refractivity contribution in [3.05, 3.63) is 29.8 Å². The maximum Gasteiger partial charge on any atom is 0.325 e. The third-order valence-electron chi connectivity index (χ3n) is 4.82. The molecule has 0 aromatic heterocycles. The summed E-state index contributed by atoms with van der Waals surface area (Å²) in [5, 5.41) is 2.73. The van der Waals surface area contributed by atoms with Gasteiger partial charge in [0.15, 0.2) is 0 Å². The van der Waals surface area contributed by atoms with Gasteiger partial charge in [0.25, 0.3) is 5.91 Å². The standard InChI is InChI=1S/C19H26N2O3/c1-18(2,3)14-8-6-7-9-15(14)24-13-10-12(11-13)21-16(22)19(4,5)20-17(21)23/h6-9,12-13H,10-11H2,1-5H3,(H,20,23)/t12-,13-. The van der Waals surface area contributed by atoms with E-state index in [-0.39, 0.29) is 29.5 Å². The summed E-state index contributed by atoms with van der Waals surface area (Å²) in [6.07, 6.45) is 1.42. The molecule has 1 aromatic rings. The van der Waals surface area contributed by atoms with E-state index in [9.17, 15) is 9.59 Å². The number of carbonyl (C=O) groups is 2. The predicted octanol–water partition coefficient (Wildman–Crippen LogP) is 3.22. The van der Waals surface area contributed by atoms with Crippen LogP contribution in [-0.2, 0) is 10.2 Å². The van der Waals surface area contributed by atoms with Crippen LogP contribution in [0, 0.1) is 0 Å². The van der Waals surface area contributed by atoms with Crippen molar-refractivity contribution in [2.45, 2.75) is 70.6 Å². The monoisotopic (exact) mass is 330 g/mol. The van der Waals surface area contributed by atoms with Gasteiger partial charge in [-0.1, -0.05) is 39.0 Å². The number of amides is 3. The zero-order valence-electron chi connectivity index (χ0n) is 15.1. The van der Waals surface area contributed by atoms with Gasteiger partial charge in [0.2, 0.25) is 0 Å². The van der Waals surface area contributed by atoms with Crippen LogP contribution in [0.25, 0.3) is 0 Å². The molecular weight excluding hydrogens is 304 g/mol. The summed E-state index contributed by atoms with van der Waals surface area (Å²) in [7, 11) is 0. The highest BCUT2D eigenvalue weighted by Gasteiger charge is 2.50. The first-order valence-corrected chi connectivity index (χ1v) is 8.51. The van der Waals surface area contributed by atoms with Crippen LogP contribution < -0.4 is 10.1 Å². The fourth-order valence-electron chi connectivity index (χ4n) is 3.32. The average Bonchev–Trinajstić information content (AvgIpc) is 2.62. The molecule has 1 saturated carbocycles. The summed E-state index contributed by atoms with van der Waals surface area (Å²) in [6.45, 7) is 9.95. The number of rotatable bonds is 3. The molecule has 24 heavy (non-hydrogen) atoms. The molecule has 1 N–H and O–H groups in total. The second-order valence-corrected chi connectivity index (χ2v) is 8.34. The summed E-state index contributed by atoms with van der Waals surface area (Å²) < 4.78 is 6.15. The van der Waals surface area contributed by atoms with E-state index in [1.54, 1.807) is 13.8 Å². The number of para-hydroxylation sites is 1. The van der Waals surface area contributed by atoms with Crippen LogP contribution in [0.2, 0.25) is 0 Å². The summed E-state index contributed by atoms with van der Waals surface area (Å²) in [6, 6.07) is 7.72. The molecule has 0 atom stereocenters. The molecule has 1 aromatic carbocycles. The topological polar surface area (TPSA) is 58.6 Å². The average molecular weight is 330 g/mol. The first-order chi connectivity index (χ1) is 11.1. The third kappa shape index (κ3) is 2.87. The molecule has 0 unspecified atom stereocenters. The van der Waals surface area contributed by atoms with Crippen molar-refractivity contribution in [1.29, 1.82) is 0 Å². The van der Waals surface area contributed by atoms with E-state index < -0.39 is 5.54 Å². The van der Waals surface area contributed by atoms with Gasteiger partial charge in [-0.25, -0.2) is 4.79 Å². The highest BCUT2D eigenvalue weighted by atomic mass is 16.5. The molecule has 0 spiro atoms. The van der Waals surface area contributed by atoms with Gasteiger partial charge in [0, 0.05) is 18.9 Å². The normalized spacial score (nSPS) is 26.1. The number of nitrogens with zero attached hydrogens (tertiary/aromatic N) is 1. The van der Waals surface area contributed by atoms with Gasteiger partial charge in [0.05, 0.1) is 0 Å². The number of hydrogen-bond donors (Lipinski definition) is 1. The molecule has 5 nitrogen and oxygen atoms in total. The molecule has 0 radical (unpaired) electrons. The molecule has 2 fully saturated rings. The highest BCUT2D eigenvalue weighted by molar-refractivity contribution is 6.06. The van der Waals surface area contributed by atoms with Crippen LogP contribution in [0.1, 0.15) is 53.0 Å². The summed E-state index contributed by atoms with van der Waals surface area (Å²) in [4.78, 5) is 25.7. The Morgan fingerprint density at radius 1 is 1.17 bits per heavy atom. The van der Waals surface area contributed by atoms with Crippen molar-refractivity contribution in [2.24, 2.45) is 0 Å². The van der Waals surface area contributed by atoms with Crippen LogP contribution in [-0.4, -0.2) is 34.5 Å². The Morgan fingerprint density at radius 2 is 1.79 bits per heavy atom. The molecular formula is C19H26N2O3. The fourth-order valence-corrected chi connectivity index (χ4v) is 3.32. The third-order valence-corrected chi connectivity index (χ3v) is 4.82. The van der Waals surface area contributed by atoms with E-state index in [4.69, 9.17) is 4.74 Å². The highest BCUT2D eigenvalue weighted by Crippen LogP contribution is 2.37. The van der Waals surface area contributed by atoms with Crippen molar-refractivity contribution in [3.8, 4) is 5.75 Å². The van der Waals surface area contributed by atoms with Crippen molar-refractivity contribution >= 4 is 11.9 Å². The number of carbonyl (C=O) groups excluding carboxylic acids is 2. The van der Waals surface area contributed by atoms with Gasteiger partial charge in [-0.2, -0.15) is 0 Å². The molecule has 1 saturated heterocycles. The Labute approximate surface area is 143 Å². The van der Waals surface area contributed by atoms with Crippen LogP contribution in [0.5, 0.6) is 5.75 Å². The molecule has 3 amide bonds. The number of hydrogen-bond acceptors (Lipinski definition) is 3. The Kier molecular flexibility index (Phi) is 3.85. The first-order valence-electron chi connectivity index (χ1n) is 8.51. The Bertz CT molecular complexity index is 669. The molecule has 2 aliphatic rings. The quantitative estimate of drug-likeness (QED) is 0.866. The van der Waals surface area contributed by atoms with Gasteiger partial charge in [-0.3, -0.25) is 9.69 Å². The molecule has 1 heterocycles. The Morgan fingerprint density at radius 3 is 2.33 bits per heavy atom. The molecule has 130 valence electrons. The molecule has 5 heteroatoms. The van der Waals surface area contributed by atoms with Gasteiger partial charge < -0.3 is 10.1 Å². The lowest BCUT2D eigenvalue weighted by Crippen LogP contribution is -2.52. The van der Waals surface area contributed by atoms with Gasteiger partial charge in [-0.05, 0) is 30.9 Å². The SMILES string of the molecule is CC1(C)NC(=O)N([C@H]2C[C@H](Oc3ccccc3C(C)(C)C)C2)C1=O. The number of urea groups is 1. The zero-order chi connectivity index (χ0) is 17.7. The van der Waals surface area contributed by atoms with Gasteiger partial charge in [0.1, 0.15) is 17.4 Å². The van der Waals surface area contributed by atoms with E-state index in [0.29, 0.717) is 12.8 Å². The van der Waals surface area contributed by atoms with Gasteiger partial charge >= 0.3 is 6.03 Å². The molecule has 0 bridgehead atoms. The zero-order valence-corrected chi connectivity index (χ0v) is 15.1. The second kappa shape index (κ2) is 5.50. The van der Waals surface area contributed by atoms with Crippen molar-refractivity contribution < 1.29 is 14.3 Å². The maximum atomic E-state index is 12.3. The summed E-state index contributed by atoms with van der Waals surface area (Å²) >= 11 is 0. The summed E-state index contributed by atoms with van der Waals surface area (Å²) in [5.74, 6) is 0.747.